The third-order valence-electron chi connectivity index (χ3n) is 2.42. The SMILES string of the molecule is CCN(CCS(=O)(=O)O)c1cccc(OC)c1. The molecular weight excluding hydrogens is 242 g/mol. The van der Waals surface area contributed by atoms with Crippen LogP contribution in [-0.2, 0) is 10.1 Å². The Morgan fingerprint density at radius 3 is 2.65 bits per heavy atom. The average molecular weight is 259 g/mol. The molecule has 1 N–H and O–H groups in total. The number of nitrogens with zero attached hydrogens (tertiary/aromatic N) is 1. The van der Waals surface area contributed by atoms with Crippen molar-refractivity contribution in [2.24, 2.45) is 0 Å². The van der Waals surface area contributed by atoms with E-state index in [2.05, 4.69) is 0 Å². The van der Waals surface area contributed by atoms with Crippen molar-refractivity contribution in [3.8, 4) is 5.75 Å². The highest BCUT2D eigenvalue weighted by atomic mass is 32.2. The quantitative estimate of drug-likeness (QED) is 0.782. The second-order valence-corrected chi connectivity index (χ2v) is 5.14. The zero-order valence-corrected chi connectivity index (χ0v) is 10.8. The van der Waals surface area contributed by atoms with E-state index in [0.29, 0.717) is 12.3 Å². The van der Waals surface area contributed by atoms with Gasteiger partial charge in [-0.3, -0.25) is 4.55 Å². The van der Waals surface area contributed by atoms with Crippen molar-refractivity contribution in [3.05, 3.63) is 24.3 Å². The van der Waals surface area contributed by atoms with Crippen molar-refractivity contribution in [1.82, 2.24) is 0 Å². The summed E-state index contributed by atoms with van der Waals surface area (Å²) < 4.78 is 35.3. The zero-order chi connectivity index (χ0) is 12.9. The molecule has 0 amide bonds. The van der Waals surface area contributed by atoms with E-state index in [1.54, 1.807) is 7.11 Å². The van der Waals surface area contributed by atoms with Crippen LogP contribution in [0.1, 0.15) is 6.92 Å². The van der Waals surface area contributed by atoms with Gasteiger partial charge in [0.05, 0.1) is 12.9 Å². The van der Waals surface area contributed by atoms with Crippen LogP contribution in [0.15, 0.2) is 24.3 Å². The lowest BCUT2D eigenvalue weighted by atomic mass is 10.2. The van der Waals surface area contributed by atoms with Crippen molar-refractivity contribution in [1.29, 1.82) is 0 Å². The average Bonchev–Trinajstić information content (AvgIpc) is 2.29. The van der Waals surface area contributed by atoms with Crippen molar-refractivity contribution in [2.75, 3.05) is 30.9 Å². The molecule has 0 spiro atoms. The summed E-state index contributed by atoms with van der Waals surface area (Å²) in [6.07, 6.45) is 0. The lowest BCUT2D eigenvalue weighted by Crippen LogP contribution is -2.28. The van der Waals surface area contributed by atoms with Gasteiger partial charge in [0.2, 0.25) is 0 Å². The minimum atomic E-state index is -3.93. The largest absolute Gasteiger partial charge is 0.497 e. The first kappa shape index (κ1) is 13.8. The molecule has 0 saturated carbocycles. The van der Waals surface area contributed by atoms with E-state index < -0.39 is 10.1 Å². The number of anilines is 1. The minimum Gasteiger partial charge on any atom is -0.497 e. The fraction of sp³-hybridized carbons (Fsp3) is 0.455. The van der Waals surface area contributed by atoms with E-state index in [4.69, 9.17) is 9.29 Å². The molecular formula is C11H17NO4S. The van der Waals surface area contributed by atoms with Gasteiger partial charge in [-0.05, 0) is 19.1 Å². The number of methoxy groups -OCH3 is 1. The molecule has 96 valence electrons. The molecule has 0 saturated heterocycles. The predicted molar refractivity (Wildman–Crippen MR) is 67.3 cm³/mol. The van der Waals surface area contributed by atoms with Gasteiger partial charge in [-0.15, -0.1) is 0 Å². The molecule has 5 nitrogen and oxygen atoms in total. The smallest absolute Gasteiger partial charge is 0.266 e. The van der Waals surface area contributed by atoms with Gasteiger partial charge in [-0.2, -0.15) is 8.42 Å². The molecule has 6 heteroatoms. The third-order valence-corrected chi connectivity index (χ3v) is 3.12. The standard InChI is InChI=1S/C11H17NO4S/c1-3-12(7-8-17(13,14)15)10-5-4-6-11(9-10)16-2/h4-6,9H,3,7-8H2,1-2H3,(H,13,14,15). The molecule has 0 radical (unpaired) electrons. The number of benzene rings is 1. The number of rotatable bonds is 6. The van der Waals surface area contributed by atoms with Gasteiger partial charge in [0.25, 0.3) is 10.1 Å². The third kappa shape index (κ3) is 4.62. The van der Waals surface area contributed by atoms with Crippen molar-refractivity contribution >= 4 is 15.8 Å². The van der Waals surface area contributed by atoms with Crippen molar-refractivity contribution < 1.29 is 17.7 Å². The van der Waals surface area contributed by atoms with E-state index in [9.17, 15) is 8.42 Å². The van der Waals surface area contributed by atoms with Gasteiger partial charge in [0, 0.05) is 24.8 Å². The second-order valence-electron chi connectivity index (χ2n) is 3.57. The fourth-order valence-electron chi connectivity index (χ4n) is 1.50. The first-order valence-corrected chi connectivity index (χ1v) is 6.91. The molecule has 0 heterocycles. The van der Waals surface area contributed by atoms with Crippen molar-refractivity contribution in [2.45, 2.75) is 6.92 Å². The molecule has 0 bridgehead atoms. The van der Waals surface area contributed by atoms with Crippen molar-refractivity contribution in [3.63, 3.8) is 0 Å². The van der Waals surface area contributed by atoms with Crippen LogP contribution in [-0.4, -0.2) is 38.9 Å². The van der Waals surface area contributed by atoms with Crippen LogP contribution in [0.25, 0.3) is 0 Å². The molecule has 0 unspecified atom stereocenters. The minimum absolute atomic E-state index is 0.252. The van der Waals surface area contributed by atoms with Crippen LogP contribution < -0.4 is 9.64 Å². The van der Waals surface area contributed by atoms with Crippen LogP contribution in [0.3, 0.4) is 0 Å². The van der Waals surface area contributed by atoms with Crippen LogP contribution in [0.5, 0.6) is 5.75 Å². The lowest BCUT2D eigenvalue weighted by molar-refractivity contribution is 0.415. The molecule has 1 aromatic rings. The van der Waals surface area contributed by atoms with Crippen LogP contribution in [0.4, 0.5) is 5.69 Å². The highest BCUT2D eigenvalue weighted by Gasteiger charge is 2.10. The van der Waals surface area contributed by atoms with E-state index in [0.717, 1.165) is 5.69 Å². The summed E-state index contributed by atoms with van der Waals surface area (Å²) in [7, 11) is -2.35. The summed E-state index contributed by atoms with van der Waals surface area (Å²) in [6, 6.07) is 7.36. The van der Waals surface area contributed by atoms with E-state index in [-0.39, 0.29) is 12.3 Å². The highest BCUT2D eigenvalue weighted by molar-refractivity contribution is 7.85. The maximum absolute atomic E-state index is 10.7. The summed E-state index contributed by atoms with van der Waals surface area (Å²) in [5.41, 5.74) is 0.871. The molecule has 17 heavy (non-hydrogen) atoms. The zero-order valence-electron chi connectivity index (χ0n) is 9.96. The summed E-state index contributed by atoms with van der Waals surface area (Å²) in [6.45, 7) is 2.83. The van der Waals surface area contributed by atoms with E-state index >= 15 is 0 Å². The first-order chi connectivity index (χ1) is 7.96. The predicted octanol–water partition coefficient (Wildman–Crippen LogP) is 1.41. The number of ether oxygens (including phenoxy) is 1. The first-order valence-electron chi connectivity index (χ1n) is 5.30. The van der Waals surface area contributed by atoms with E-state index in [1.165, 1.54) is 0 Å². The highest BCUT2D eigenvalue weighted by Crippen LogP contribution is 2.20. The Kier molecular flexibility index (Phi) is 4.77. The van der Waals surface area contributed by atoms with Gasteiger partial charge in [0.15, 0.2) is 0 Å². The molecule has 0 aliphatic carbocycles. The fourth-order valence-corrected chi connectivity index (χ4v) is 1.95. The normalized spacial score (nSPS) is 11.2. The molecule has 0 atom stereocenters. The summed E-state index contributed by atoms with van der Waals surface area (Å²) >= 11 is 0. The van der Waals surface area contributed by atoms with Gasteiger partial charge < -0.3 is 9.64 Å². The molecule has 0 aromatic heterocycles. The topological polar surface area (TPSA) is 66.8 Å². The molecule has 1 rings (SSSR count). The van der Waals surface area contributed by atoms with E-state index in [1.807, 2.05) is 36.1 Å². The summed E-state index contributed by atoms with van der Waals surface area (Å²) in [5, 5.41) is 0. The van der Waals surface area contributed by atoms with Crippen LogP contribution in [0, 0.1) is 0 Å². The molecule has 0 fully saturated rings. The lowest BCUT2D eigenvalue weighted by Gasteiger charge is -2.22. The van der Waals surface area contributed by atoms with Crippen LogP contribution >= 0.6 is 0 Å². The number of hydrogen-bond acceptors (Lipinski definition) is 4. The Labute approximate surface area is 102 Å². The maximum atomic E-state index is 10.7. The Morgan fingerprint density at radius 2 is 2.12 bits per heavy atom. The summed E-state index contributed by atoms with van der Waals surface area (Å²) in [4.78, 5) is 1.86. The summed E-state index contributed by atoms with van der Waals surface area (Å²) in [5.74, 6) is 0.436. The van der Waals surface area contributed by atoms with Gasteiger partial charge in [-0.1, -0.05) is 6.07 Å². The molecule has 0 aliphatic rings. The van der Waals surface area contributed by atoms with Gasteiger partial charge in [0.1, 0.15) is 5.75 Å². The Morgan fingerprint density at radius 1 is 1.41 bits per heavy atom. The molecule has 1 aromatic carbocycles. The Bertz CT molecular complexity index is 458. The van der Waals surface area contributed by atoms with Crippen LogP contribution in [0.2, 0.25) is 0 Å². The maximum Gasteiger partial charge on any atom is 0.266 e. The van der Waals surface area contributed by atoms with Gasteiger partial charge in [-0.25, -0.2) is 0 Å². The number of hydrogen-bond donors (Lipinski definition) is 1. The second kappa shape index (κ2) is 5.88. The Hall–Kier alpha value is -1.27. The van der Waals surface area contributed by atoms with Gasteiger partial charge >= 0.3 is 0 Å². The Balaban J connectivity index is 2.78. The monoisotopic (exact) mass is 259 g/mol. The molecule has 0 aliphatic heterocycles.